The van der Waals surface area contributed by atoms with E-state index in [0.29, 0.717) is 29.7 Å². The molecular weight excluding hydrogens is 396 g/mol. The van der Waals surface area contributed by atoms with Crippen molar-refractivity contribution in [1.82, 2.24) is 9.55 Å². The van der Waals surface area contributed by atoms with Crippen LogP contribution in [-0.4, -0.2) is 41.3 Å². The number of hydrogen-bond donors (Lipinski definition) is 2. The lowest BCUT2D eigenvalue weighted by Crippen LogP contribution is -2.28. The van der Waals surface area contributed by atoms with Gasteiger partial charge >= 0.3 is 0 Å². The van der Waals surface area contributed by atoms with Crippen LogP contribution in [0.3, 0.4) is 0 Å². The van der Waals surface area contributed by atoms with Gasteiger partial charge in [0.25, 0.3) is 5.56 Å². The molecule has 1 saturated heterocycles. The number of carbonyl (C=O) groups is 1. The maximum atomic E-state index is 12.6. The van der Waals surface area contributed by atoms with Gasteiger partial charge in [-0.15, -0.1) is 0 Å². The predicted molar refractivity (Wildman–Crippen MR) is 108 cm³/mol. The summed E-state index contributed by atoms with van der Waals surface area (Å²) in [4.78, 5) is 28.8. The van der Waals surface area contributed by atoms with Gasteiger partial charge in [-0.3, -0.25) is 18.5 Å². The largest absolute Gasteiger partial charge is 0.506 e. The summed E-state index contributed by atoms with van der Waals surface area (Å²) in [6, 6.07) is 11.1. The number of phenolic OH excluding ortho intramolecular Hbond substituents is 1. The minimum absolute atomic E-state index is 0.0631. The molecule has 0 spiro atoms. The molecule has 3 aromatic rings. The van der Waals surface area contributed by atoms with E-state index in [0.717, 1.165) is 6.20 Å². The lowest BCUT2D eigenvalue weighted by Gasteiger charge is -2.18. The summed E-state index contributed by atoms with van der Waals surface area (Å²) >= 11 is 0. The SMILES string of the molecule is O=C(Cn1c(=O)cnc2ccccc21)Nc1cc(N2CCCS2(=O)=O)ccc1O. The van der Waals surface area contributed by atoms with Crippen LogP contribution in [0.1, 0.15) is 6.42 Å². The molecular formula is C19H18N4O5S. The van der Waals surface area contributed by atoms with E-state index >= 15 is 0 Å². The van der Waals surface area contributed by atoms with Crippen molar-refractivity contribution in [2.24, 2.45) is 0 Å². The van der Waals surface area contributed by atoms with E-state index in [1.807, 2.05) is 0 Å². The maximum Gasteiger partial charge on any atom is 0.269 e. The molecule has 9 nitrogen and oxygen atoms in total. The van der Waals surface area contributed by atoms with Gasteiger partial charge in [0.2, 0.25) is 15.9 Å². The zero-order valence-electron chi connectivity index (χ0n) is 15.3. The number of nitrogens with one attached hydrogen (secondary N) is 1. The van der Waals surface area contributed by atoms with Crippen molar-refractivity contribution < 1.29 is 18.3 Å². The zero-order valence-corrected chi connectivity index (χ0v) is 16.1. The van der Waals surface area contributed by atoms with Crippen LogP contribution >= 0.6 is 0 Å². The third kappa shape index (κ3) is 3.66. The lowest BCUT2D eigenvalue weighted by atomic mass is 10.2. The first-order valence-electron chi connectivity index (χ1n) is 8.93. The number of rotatable bonds is 4. The number of phenols is 1. The van der Waals surface area contributed by atoms with Crippen LogP contribution in [-0.2, 0) is 21.4 Å². The van der Waals surface area contributed by atoms with E-state index in [1.165, 1.54) is 27.1 Å². The third-order valence-electron chi connectivity index (χ3n) is 4.70. The van der Waals surface area contributed by atoms with Crippen LogP contribution < -0.4 is 15.2 Å². The van der Waals surface area contributed by atoms with Crippen molar-refractivity contribution in [3.8, 4) is 5.75 Å². The molecule has 29 heavy (non-hydrogen) atoms. The van der Waals surface area contributed by atoms with E-state index in [9.17, 15) is 23.1 Å². The van der Waals surface area contributed by atoms with Crippen LogP contribution in [0, 0.1) is 0 Å². The summed E-state index contributed by atoms with van der Waals surface area (Å²) in [5, 5.41) is 12.6. The highest BCUT2D eigenvalue weighted by atomic mass is 32.2. The average molecular weight is 414 g/mol. The molecule has 150 valence electrons. The van der Waals surface area contributed by atoms with E-state index in [1.54, 1.807) is 24.3 Å². The van der Waals surface area contributed by atoms with Crippen molar-refractivity contribution in [3.63, 3.8) is 0 Å². The number of carbonyl (C=O) groups excluding carboxylic acids is 1. The summed E-state index contributed by atoms with van der Waals surface area (Å²) in [7, 11) is -3.39. The quantitative estimate of drug-likeness (QED) is 0.620. The summed E-state index contributed by atoms with van der Waals surface area (Å²) in [6.07, 6.45) is 1.66. The Morgan fingerprint density at radius 3 is 2.76 bits per heavy atom. The fourth-order valence-electron chi connectivity index (χ4n) is 3.32. The van der Waals surface area contributed by atoms with Crippen molar-refractivity contribution in [3.05, 3.63) is 59.0 Å². The van der Waals surface area contributed by atoms with Crippen molar-refractivity contribution in [1.29, 1.82) is 0 Å². The molecule has 2 heterocycles. The number of aromatic nitrogens is 2. The lowest BCUT2D eigenvalue weighted by molar-refractivity contribution is -0.116. The first-order chi connectivity index (χ1) is 13.8. The molecule has 10 heteroatoms. The van der Waals surface area contributed by atoms with E-state index in [2.05, 4.69) is 10.3 Å². The molecule has 0 radical (unpaired) electrons. The molecule has 1 amide bonds. The second-order valence-electron chi connectivity index (χ2n) is 6.66. The molecule has 0 unspecified atom stereocenters. The molecule has 0 saturated carbocycles. The van der Waals surface area contributed by atoms with Crippen LogP contribution in [0.5, 0.6) is 5.75 Å². The Morgan fingerprint density at radius 2 is 2.00 bits per heavy atom. The van der Waals surface area contributed by atoms with Gasteiger partial charge in [-0.1, -0.05) is 12.1 Å². The van der Waals surface area contributed by atoms with Crippen LogP contribution in [0.15, 0.2) is 53.5 Å². The number of aromatic hydroxyl groups is 1. The molecule has 1 aromatic heterocycles. The van der Waals surface area contributed by atoms with E-state index < -0.39 is 21.5 Å². The molecule has 1 fully saturated rings. The third-order valence-corrected chi connectivity index (χ3v) is 6.57. The Balaban J connectivity index is 1.61. The normalized spacial score (nSPS) is 15.5. The zero-order chi connectivity index (χ0) is 20.6. The Morgan fingerprint density at radius 1 is 1.21 bits per heavy atom. The minimum Gasteiger partial charge on any atom is -0.506 e. The van der Waals surface area contributed by atoms with Crippen molar-refractivity contribution in [2.75, 3.05) is 21.9 Å². The molecule has 0 atom stereocenters. The fourth-order valence-corrected chi connectivity index (χ4v) is 4.88. The number of para-hydroxylation sites is 2. The number of fused-ring (bicyclic) bond motifs is 1. The molecule has 4 rings (SSSR count). The average Bonchev–Trinajstić information content (AvgIpc) is 3.05. The number of benzene rings is 2. The standard InChI is InChI=1S/C19H18N4O5S/c24-17-7-6-13(23-8-3-9-29(23,27)28)10-15(17)21-18(25)12-22-16-5-2-1-4-14(16)20-11-19(22)26/h1-2,4-7,10-11,24H,3,8-9,12H2,(H,21,25). The number of hydrogen-bond acceptors (Lipinski definition) is 6. The number of anilines is 2. The molecule has 1 aliphatic rings. The summed E-state index contributed by atoms with van der Waals surface area (Å²) < 4.78 is 26.8. The number of sulfonamides is 1. The van der Waals surface area contributed by atoms with Gasteiger partial charge in [0.15, 0.2) is 0 Å². The fraction of sp³-hybridized carbons (Fsp3) is 0.211. The first-order valence-corrected chi connectivity index (χ1v) is 10.5. The van der Waals surface area contributed by atoms with Gasteiger partial charge in [-0.25, -0.2) is 13.4 Å². The Kier molecular flexibility index (Phi) is 4.71. The smallest absolute Gasteiger partial charge is 0.269 e. The van der Waals surface area contributed by atoms with Crippen LogP contribution in [0.4, 0.5) is 11.4 Å². The second kappa shape index (κ2) is 7.21. The molecule has 2 aromatic carbocycles. The Bertz CT molecular complexity index is 1270. The molecule has 0 bridgehead atoms. The van der Waals surface area contributed by atoms with Crippen molar-refractivity contribution >= 4 is 38.3 Å². The topological polar surface area (TPSA) is 122 Å². The minimum atomic E-state index is -3.39. The highest BCUT2D eigenvalue weighted by Crippen LogP contribution is 2.32. The van der Waals surface area contributed by atoms with Gasteiger partial charge in [0.1, 0.15) is 12.3 Å². The van der Waals surface area contributed by atoms with E-state index in [4.69, 9.17) is 0 Å². The highest BCUT2D eigenvalue weighted by Gasteiger charge is 2.29. The Hall–Kier alpha value is -3.40. The summed E-state index contributed by atoms with van der Waals surface area (Å²) in [5.74, 6) is -0.682. The predicted octanol–water partition coefficient (Wildman–Crippen LogP) is 1.28. The van der Waals surface area contributed by atoms with Gasteiger partial charge in [0, 0.05) is 6.54 Å². The van der Waals surface area contributed by atoms with Gasteiger partial charge in [-0.05, 0) is 36.8 Å². The van der Waals surface area contributed by atoms with Gasteiger partial charge in [-0.2, -0.15) is 0 Å². The van der Waals surface area contributed by atoms with E-state index in [-0.39, 0.29) is 23.7 Å². The van der Waals surface area contributed by atoms with Crippen LogP contribution in [0.25, 0.3) is 11.0 Å². The van der Waals surface area contributed by atoms with Crippen molar-refractivity contribution in [2.45, 2.75) is 13.0 Å². The second-order valence-corrected chi connectivity index (χ2v) is 8.68. The molecule has 1 aliphatic heterocycles. The summed E-state index contributed by atoms with van der Waals surface area (Å²) in [5.41, 5.74) is 1.09. The van der Waals surface area contributed by atoms with Gasteiger partial charge < -0.3 is 10.4 Å². The van der Waals surface area contributed by atoms with Gasteiger partial charge in [0.05, 0.1) is 34.4 Å². The summed E-state index contributed by atoms with van der Waals surface area (Å²) in [6.45, 7) is 0.0619. The number of nitrogens with zero attached hydrogens (tertiary/aromatic N) is 3. The first kappa shape index (κ1) is 18.9. The molecule has 2 N–H and O–H groups in total. The number of amides is 1. The monoisotopic (exact) mass is 414 g/mol. The Labute approximate surface area is 166 Å². The highest BCUT2D eigenvalue weighted by molar-refractivity contribution is 7.93. The van der Waals surface area contributed by atoms with Crippen LogP contribution in [0.2, 0.25) is 0 Å². The maximum absolute atomic E-state index is 12.6. The molecule has 0 aliphatic carbocycles.